The fourth-order valence-corrected chi connectivity index (χ4v) is 2.99. The maximum atomic E-state index is 11.2. The second-order valence-corrected chi connectivity index (χ2v) is 5.45. The lowest BCUT2D eigenvalue weighted by atomic mass is 10.2. The van der Waals surface area contributed by atoms with Crippen molar-refractivity contribution in [2.24, 2.45) is 0 Å². The van der Waals surface area contributed by atoms with Crippen molar-refractivity contribution in [3.05, 3.63) is 63.7 Å². The number of anilines is 1. The third kappa shape index (κ3) is 3.30. The Hall–Kier alpha value is -2.01. The van der Waals surface area contributed by atoms with Crippen LogP contribution in [-0.2, 0) is 5.75 Å². The Morgan fingerprint density at radius 1 is 1.25 bits per heavy atom. The molecule has 0 aliphatic carbocycles. The van der Waals surface area contributed by atoms with Crippen LogP contribution in [0.3, 0.4) is 0 Å². The van der Waals surface area contributed by atoms with E-state index in [1.54, 1.807) is 19.2 Å². The summed E-state index contributed by atoms with van der Waals surface area (Å²) in [5.74, 6) is 0.718. The summed E-state index contributed by atoms with van der Waals surface area (Å²) in [5.41, 5.74) is 3.05. The number of hydrogen-bond acceptors (Lipinski definition) is 4. The van der Waals surface area contributed by atoms with Gasteiger partial charge in [0.2, 0.25) is 0 Å². The zero-order valence-electron chi connectivity index (χ0n) is 11.4. The first kappa shape index (κ1) is 14.4. The van der Waals surface area contributed by atoms with Gasteiger partial charge in [0.15, 0.2) is 0 Å². The largest absolute Gasteiger partial charge is 0.383 e. The summed E-state index contributed by atoms with van der Waals surface area (Å²) in [6, 6.07) is 13.5. The zero-order chi connectivity index (χ0) is 14.5. The molecule has 0 bridgehead atoms. The number of nitro benzene ring substituents is 1. The maximum absolute atomic E-state index is 11.2. The molecule has 2 rings (SSSR count). The Bertz CT molecular complexity index is 629. The standard InChI is InChI=1S/C15H16N2O2S/c1-11-5-3-6-12(9-11)10-20-14-8-4-7-13(16-2)15(14)17(18)19/h3-9,16H,10H2,1-2H3. The first-order chi connectivity index (χ1) is 9.61. The summed E-state index contributed by atoms with van der Waals surface area (Å²) in [6.07, 6.45) is 0. The van der Waals surface area contributed by atoms with Gasteiger partial charge in [-0.2, -0.15) is 0 Å². The van der Waals surface area contributed by atoms with E-state index >= 15 is 0 Å². The molecule has 0 aliphatic rings. The minimum absolute atomic E-state index is 0.146. The van der Waals surface area contributed by atoms with Crippen LogP contribution in [0.5, 0.6) is 0 Å². The summed E-state index contributed by atoms with van der Waals surface area (Å²) >= 11 is 1.49. The molecular weight excluding hydrogens is 272 g/mol. The molecule has 0 aliphatic heterocycles. The molecule has 0 unspecified atom stereocenters. The number of hydrogen-bond donors (Lipinski definition) is 1. The maximum Gasteiger partial charge on any atom is 0.305 e. The van der Waals surface area contributed by atoms with Gasteiger partial charge in [0, 0.05) is 12.8 Å². The number of nitrogens with one attached hydrogen (secondary N) is 1. The molecule has 104 valence electrons. The van der Waals surface area contributed by atoms with Crippen LogP contribution in [0.2, 0.25) is 0 Å². The van der Waals surface area contributed by atoms with E-state index in [2.05, 4.69) is 11.4 Å². The van der Waals surface area contributed by atoms with E-state index in [-0.39, 0.29) is 10.6 Å². The fraction of sp³-hybridized carbons (Fsp3) is 0.200. The lowest BCUT2D eigenvalue weighted by molar-refractivity contribution is -0.386. The van der Waals surface area contributed by atoms with E-state index in [9.17, 15) is 10.1 Å². The van der Waals surface area contributed by atoms with Crippen molar-refractivity contribution in [2.75, 3.05) is 12.4 Å². The quantitative estimate of drug-likeness (QED) is 0.508. The van der Waals surface area contributed by atoms with Crippen LogP contribution in [0.25, 0.3) is 0 Å². The Morgan fingerprint density at radius 3 is 2.65 bits per heavy atom. The van der Waals surface area contributed by atoms with E-state index in [0.29, 0.717) is 10.6 Å². The van der Waals surface area contributed by atoms with Gasteiger partial charge < -0.3 is 5.32 Å². The molecule has 0 fully saturated rings. The number of rotatable bonds is 5. The first-order valence-electron chi connectivity index (χ1n) is 6.25. The molecule has 0 atom stereocenters. The van der Waals surface area contributed by atoms with E-state index in [1.165, 1.54) is 22.9 Å². The monoisotopic (exact) mass is 288 g/mol. The third-order valence-corrected chi connectivity index (χ3v) is 4.05. The van der Waals surface area contributed by atoms with Crippen LogP contribution in [0.4, 0.5) is 11.4 Å². The van der Waals surface area contributed by atoms with Gasteiger partial charge in [-0.1, -0.05) is 35.9 Å². The number of nitrogens with zero attached hydrogens (tertiary/aromatic N) is 1. The first-order valence-corrected chi connectivity index (χ1v) is 7.24. The molecule has 0 saturated heterocycles. The zero-order valence-corrected chi connectivity index (χ0v) is 12.2. The molecule has 2 aromatic carbocycles. The van der Waals surface area contributed by atoms with Crippen molar-refractivity contribution in [1.29, 1.82) is 0 Å². The molecule has 0 aromatic heterocycles. The van der Waals surface area contributed by atoms with Gasteiger partial charge in [0.05, 0.1) is 9.82 Å². The van der Waals surface area contributed by atoms with E-state index in [4.69, 9.17) is 0 Å². The summed E-state index contributed by atoms with van der Waals surface area (Å²) in [4.78, 5) is 11.6. The number of benzene rings is 2. The van der Waals surface area contributed by atoms with Gasteiger partial charge in [-0.25, -0.2) is 0 Å². The van der Waals surface area contributed by atoms with Crippen LogP contribution in [-0.4, -0.2) is 12.0 Å². The molecule has 20 heavy (non-hydrogen) atoms. The van der Waals surface area contributed by atoms with Crippen molar-refractivity contribution < 1.29 is 4.92 Å². The van der Waals surface area contributed by atoms with Gasteiger partial charge in [-0.05, 0) is 24.6 Å². The van der Waals surface area contributed by atoms with Crippen LogP contribution in [0.1, 0.15) is 11.1 Å². The minimum atomic E-state index is -0.329. The molecule has 0 heterocycles. The van der Waals surface area contributed by atoms with Crippen molar-refractivity contribution in [2.45, 2.75) is 17.6 Å². The molecular formula is C15H16N2O2S. The topological polar surface area (TPSA) is 55.2 Å². The molecule has 0 saturated carbocycles. The van der Waals surface area contributed by atoms with Crippen molar-refractivity contribution in [3.63, 3.8) is 0 Å². The van der Waals surface area contributed by atoms with Crippen LogP contribution in [0, 0.1) is 17.0 Å². The normalized spacial score (nSPS) is 10.3. The van der Waals surface area contributed by atoms with Gasteiger partial charge in [-0.15, -0.1) is 11.8 Å². The van der Waals surface area contributed by atoms with E-state index in [0.717, 1.165) is 5.75 Å². The molecule has 1 N–H and O–H groups in total. The highest BCUT2D eigenvalue weighted by Crippen LogP contribution is 2.36. The smallest absolute Gasteiger partial charge is 0.305 e. The summed E-state index contributed by atoms with van der Waals surface area (Å²) in [7, 11) is 1.69. The Labute approximate surface area is 122 Å². The Morgan fingerprint density at radius 2 is 2.00 bits per heavy atom. The van der Waals surface area contributed by atoms with Crippen molar-refractivity contribution in [3.8, 4) is 0 Å². The average molecular weight is 288 g/mol. The average Bonchev–Trinajstić information content (AvgIpc) is 2.44. The van der Waals surface area contributed by atoms with Crippen molar-refractivity contribution >= 4 is 23.1 Å². The lowest BCUT2D eigenvalue weighted by Crippen LogP contribution is -1.98. The minimum Gasteiger partial charge on any atom is -0.383 e. The van der Waals surface area contributed by atoms with Crippen molar-refractivity contribution in [1.82, 2.24) is 0 Å². The number of para-hydroxylation sites is 1. The number of aryl methyl sites for hydroxylation is 1. The second kappa shape index (κ2) is 6.43. The van der Waals surface area contributed by atoms with Crippen LogP contribution in [0.15, 0.2) is 47.4 Å². The molecule has 0 amide bonds. The molecule has 0 spiro atoms. The van der Waals surface area contributed by atoms with Crippen LogP contribution < -0.4 is 5.32 Å². The van der Waals surface area contributed by atoms with Gasteiger partial charge in [0.25, 0.3) is 0 Å². The number of thioether (sulfide) groups is 1. The SMILES string of the molecule is CNc1cccc(SCc2cccc(C)c2)c1[N+](=O)[O-]. The highest BCUT2D eigenvalue weighted by Gasteiger charge is 2.18. The van der Waals surface area contributed by atoms with Gasteiger partial charge in [-0.3, -0.25) is 10.1 Å². The lowest BCUT2D eigenvalue weighted by Gasteiger charge is -2.07. The van der Waals surface area contributed by atoms with Gasteiger partial charge in [0.1, 0.15) is 5.69 Å². The predicted octanol–water partition coefficient (Wildman–Crippen LogP) is 4.24. The highest BCUT2D eigenvalue weighted by molar-refractivity contribution is 7.98. The molecule has 5 heteroatoms. The third-order valence-electron chi connectivity index (χ3n) is 2.93. The molecule has 4 nitrogen and oxygen atoms in total. The van der Waals surface area contributed by atoms with E-state index < -0.39 is 0 Å². The van der Waals surface area contributed by atoms with E-state index in [1.807, 2.05) is 31.2 Å². The molecule has 2 aromatic rings. The highest BCUT2D eigenvalue weighted by atomic mass is 32.2. The predicted molar refractivity (Wildman–Crippen MR) is 83.4 cm³/mol. The number of nitro groups is 1. The fourth-order valence-electron chi connectivity index (χ4n) is 1.99. The summed E-state index contributed by atoms with van der Waals surface area (Å²) in [6.45, 7) is 2.04. The van der Waals surface area contributed by atoms with Gasteiger partial charge >= 0.3 is 5.69 Å². The summed E-state index contributed by atoms with van der Waals surface area (Å²) < 4.78 is 0. The second-order valence-electron chi connectivity index (χ2n) is 4.44. The van der Waals surface area contributed by atoms with Crippen LogP contribution >= 0.6 is 11.8 Å². The Balaban J connectivity index is 2.23. The summed E-state index contributed by atoms with van der Waals surface area (Å²) in [5, 5.41) is 14.1. The molecule has 0 radical (unpaired) electrons. The Kier molecular flexibility index (Phi) is 4.63.